The van der Waals surface area contributed by atoms with Crippen LogP contribution in [0.3, 0.4) is 0 Å². The fourth-order valence-corrected chi connectivity index (χ4v) is 3.92. The third-order valence-corrected chi connectivity index (χ3v) is 4.59. The fourth-order valence-electron chi connectivity index (χ4n) is 3.92. The Bertz CT molecular complexity index is 278. The summed E-state index contributed by atoms with van der Waals surface area (Å²) in [4.78, 5) is 2.63. The van der Waals surface area contributed by atoms with E-state index in [1.165, 1.54) is 19.3 Å². The van der Waals surface area contributed by atoms with Crippen molar-refractivity contribution < 1.29 is 4.74 Å². The van der Waals surface area contributed by atoms with Gasteiger partial charge < -0.3 is 10.5 Å². The Morgan fingerprint density at radius 1 is 1.33 bits per heavy atom. The molecule has 1 saturated carbocycles. The molecule has 0 aromatic heterocycles. The predicted octanol–water partition coefficient (Wildman–Crippen LogP) is 2.25. The van der Waals surface area contributed by atoms with Crippen molar-refractivity contribution in [3.63, 3.8) is 0 Å². The molecule has 106 valence electrons. The Morgan fingerprint density at radius 2 is 2.06 bits per heavy atom. The highest BCUT2D eigenvalue weighted by atomic mass is 16.5. The fraction of sp³-hybridized carbons (Fsp3) is 1.00. The zero-order valence-corrected chi connectivity index (χ0v) is 12.5. The highest BCUT2D eigenvalue weighted by molar-refractivity contribution is 4.90. The minimum Gasteiger partial charge on any atom is -0.374 e. The van der Waals surface area contributed by atoms with Crippen molar-refractivity contribution in [3.05, 3.63) is 0 Å². The first-order valence-electron chi connectivity index (χ1n) is 7.48. The van der Waals surface area contributed by atoms with Crippen LogP contribution in [0.1, 0.15) is 47.0 Å². The monoisotopic (exact) mass is 254 g/mol. The van der Waals surface area contributed by atoms with Crippen LogP contribution in [0.2, 0.25) is 0 Å². The van der Waals surface area contributed by atoms with Crippen molar-refractivity contribution in [3.8, 4) is 0 Å². The quantitative estimate of drug-likeness (QED) is 0.821. The molecular formula is C15H30N2O. The summed E-state index contributed by atoms with van der Waals surface area (Å²) in [5.74, 6) is 0.843. The van der Waals surface area contributed by atoms with Gasteiger partial charge in [-0.3, -0.25) is 4.90 Å². The molecule has 18 heavy (non-hydrogen) atoms. The molecule has 1 aliphatic heterocycles. The average Bonchev–Trinajstić information content (AvgIpc) is 2.26. The molecule has 1 aliphatic carbocycles. The zero-order chi connectivity index (χ0) is 13.3. The molecule has 4 unspecified atom stereocenters. The van der Waals surface area contributed by atoms with E-state index in [0.29, 0.717) is 5.41 Å². The Kier molecular flexibility index (Phi) is 4.35. The van der Waals surface area contributed by atoms with Gasteiger partial charge in [0.2, 0.25) is 0 Å². The standard InChI is InChI=1S/C15H30N2O/c1-11-7-13(9-15(3,4)8-11)17-5-6-18-14(10-17)12(2)16/h11-14H,5-10,16H2,1-4H3. The van der Waals surface area contributed by atoms with Gasteiger partial charge in [-0.1, -0.05) is 20.8 Å². The molecule has 2 rings (SSSR count). The van der Waals surface area contributed by atoms with E-state index >= 15 is 0 Å². The molecule has 1 heterocycles. The van der Waals surface area contributed by atoms with Gasteiger partial charge in [0, 0.05) is 25.2 Å². The van der Waals surface area contributed by atoms with E-state index in [2.05, 4.69) is 32.6 Å². The molecule has 2 N–H and O–H groups in total. The highest BCUT2D eigenvalue weighted by Crippen LogP contribution is 2.40. The van der Waals surface area contributed by atoms with Crippen LogP contribution in [0, 0.1) is 11.3 Å². The molecule has 4 atom stereocenters. The number of nitrogens with zero attached hydrogens (tertiary/aromatic N) is 1. The maximum atomic E-state index is 5.99. The number of morpholine rings is 1. The lowest BCUT2D eigenvalue weighted by atomic mass is 9.70. The summed E-state index contributed by atoms with van der Waals surface area (Å²) < 4.78 is 5.77. The van der Waals surface area contributed by atoms with Crippen LogP contribution in [0.15, 0.2) is 0 Å². The second-order valence-corrected chi connectivity index (χ2v) is 7.33. The molecule has 1 saturated heterocycles. The summed E-state index contributed by atoms with van der Waals surface area (Å²) in [6.45, 7) is 12.2. The van der Waals surface area contributed by atoms with Crippen LogP contribution in [-0.2, 0) is 4.74 Å². The molecule has 2 fully saturated rings. The smallest absolute Gasteiger partial charge is 0.0850 e. The largest absolute Gasteiger partial charge is 0.374 e. The summed E-state index contributed by atoms with van der Waals surface area (Å²) in [5.41, 5.74) is 6.48. The zero-order valence-electron chi connectivity index (χ0n) is 12.5. The lowest BCUT2D eigenvalue weighted by Crippen LogP contribution is -2.54. The van der Waals surface area contributed by atoms with Crippen LogP contribution < -0.4 is 5.73 Å². The maximum Gasteiger partial charge on any atom is 0.0850 e. The van der Waals surface area contributed by atoms with Crippen molar-refractivity contribution in [1.29, 1.82) is 0 Å². The summed E-state index contributed by atoms with van der Waals surface area (Å²) in [6, 6.07) is 0.871. The van der Waals surface area contributed by atoms with Crippen molar-refractivity contribution in [2.45, 2.75) is 65.1 Å². The number of hydrogen-bond acceptors (Lipinski definition) is 3. The van der Waals surface area contributed by atoms with Crippen molar-refractivity contribution in [2.24, 2.45) is 17.1 Å². The van der Waals surface area contributed by atoms with Gasteiger partial charge in [-0.25, -0.2) is 0 Å². The SMILES string of the molecule is CC1CC(N2CCOC(C(C)N)C2)CC(C)(C)C1. The van der Waals surface area contributed by atoms with E-state index in [9.17, 15) is 0 Å². The maximum absolute atomic E-state index is 5.99. The minimum atomic E-state index is 0.141. The predicted molar refractivity (Wildman–Crippen MR) is 75.5 cm³/mol. The van der Waals surface area contributed by atoms with E-state index in [-0.39, 0.29) is 12.1 Å². The second-order valence-electron chi connectivity index (χ2n) is 7.33. The first kappa shape index (κ1) is 14.3. The van der Waals surface area contributed by atoms with Gasteiger partial charge in [-0.15, -0.1) is 0 Å². The van der Waals surface area contributed by atoms with Gasteiger partial charge >= 0.3 is 0 Å². The van der Waals surface area contributed by atoms with Gasteiger partial charge in [0.1, 0.15) is 0 Å². The first-order chi connectivity index (χ1) is 8.37. The van der Waals surface area contributed by atoms with E-state index in [1.807, 2.05) is 0 Å². The summed E-state index contributed by atoms with van der Waals surface area (Å²) in [5, 5.41) is 0. The van der Waals surface area contributed by atoms with Crippen molar-refractivity contribution >= 4 is 0 Å². The summed E-state index contributed by atoms with van der Waals surface area (Å²) in [6.07, 6.45) is 4.25. The Balaban J connectivity index is 1.98. The molecule has 0 aromatic carbocycles. The van der Waals surface area contributed by atoms with Gasteiger partial charge in [0.15, 0.2) is 0 Å². The van der Waals surface area contributed by atoms with Crippen LogP contribution >= 0.6 is 0 Å². The van der Waals surface area contributed by atoms with Gasteiger partial charge in [0.25, 0.3) is 0 Å². The van der Waals surface area contributed by atoms with Gasteiger partial charge in [0.05, 0.1) is 12.7 Å². The van der Waals surface area contributed by atoms with Crippen LogP contribution in [0.4, 0.5) is 0 Å². The van der Waals surface area contributed by atoms with E-state index in [0.717, 1.165) is 31.7 Å². The Labute approximate surface area is 112 Å². The molecule has 3 heteroatoms. The molecule has 2 aliphatic rings. The number of nitrogens with two attached hydrogens (primary N) is 1. The molecule has 0 spiro atoms. The van der Waals surface area contributed by atoms with Gasteiger partial charge in [-0.2, -0.15) is 0 Å². The van der Waals surface area contributed by atoms with Crippen LogP contribution in [0.25, 0.3) is 0 Å². The molecule has 3 nitrogen and oxygen atoms in total. The molecule has 0 amide bonds. The highest BCUT2D eigenvalue weighted by Gasteiger charge is 2.37. The Hall–Kier alpha value is -0.120. The van der Waals surface area contributed by atoms with Crippen molar-refractivity contribution in [1.82, 2.24) is 4.90 Å². The third-order valence-electron chi connectivity index (χ3n) is 4.59. The third kappa shape index (κ3) is 3.46. The summed E-state index contributed by atoms with van der Waals surface area (Å²) in [7, 11) is 0. The van der Waals surface area contributed by atoms with Crippen LogP contribution in [0.5, 0.6) is 0 Å². The Morgan fingerprint density at radius 3 is 2.67 bits per heavy atom. The average molecular weight is 254 g/mol. The summed E-state index contributed by atoms with van der Waals surface area (Å²) >= 11 is 0. The topological polar surface area (TPSA) is 38.5 Å². The van der Waals surface area contributed by atoms with Crippen molar-refractivity contribution in [2.75, 3.05) is 19.7 Å². The number of ether oxygens (including phenoxy) is 1. The molecule has 0 bridgehead atoms. The molecule has 0 aromatic rings. The molecule has 0 radical (unpaired) electrons. The van der Waals surface area contributed by atoms with E-state index < -0.39 is 0 Å². The number of hydrogen-bond donors (Lipinski definition) is 1. The van der Waals surface area contributed by atoms with E-state index in [4.69, 9.17) is 10.5 Å². The lowest BCUT2D eigenvalue weighted by molar-refractivity contribution is -0.0669. The normalized spacial score (nSPS) is 39.5. The number of rotatable bonds is 2. The van der Waals surface area contributed by atoms with E-state index in [1.54, 1.807) is 0 Å². The minimum absolute atomic E-state index is 0.141. The second kappa shape index (κ2) is 5.48. The van der Waals surface area contributed by atoms with Crippen LogP contribution in [-0.4, -0.2) is 42.8 Å². The van der Waals surface area contributed by atoms with Gasteiger partial charge in [-0.05, 0) is 37.5 Å². The molecular weight excluding hydrogens is 224 g/mol. The lowest BCUT2D eigenvalue weighted by Gasteiger charge is -2.46. The first-order valence-corrected chi connectivity index (χ1v) is 7.48.